The van der Waals surface area contributed by atoms with Gasteiger partial charge in [0.05, 0.1) is 0 Å². The lowest BCUT2D eigenvalue weighted by Gasteiger charge is -2.11. The van der Waals surface area contributed by atoms with Crippen molar-refractivity contribution in [2.45, 2.75) is 24.3 Å². The fourth-order valence-corrected chi connectivity index (χ4v) is 4.03. The van der Waals surface area contributed by atoms with Crippen molar-refractivity contribution >= 4 is 17.4 Å². The van der Waals surface area contributed by atoms with Crippen LogP contribution in [0.2, 0.25) is 0 Å². The van der Waals surface area contributed by atoms with Gasteiger partial charge in [-0.05, 0) is 36.8 Å². The molecular formula is C24H24N4S. The second-order valence-electron chi connectivity index (χ2n) is 6.89. The summed E-state index contributed by atoms with van der Waals surface area (Å²) in [5, 5.41) is 13.4. The first-order chi connectivity index (χ1) is 14.3. The Morgan fingerprint density at radius 3 is 2.24 bits per heavy atom. The number of aryl methyl sites for hydroxylation is 1. The fourth-order valence-electron chi connectivity index (χ4n) is 3.10. The number of anilines is 1. The second-order valence-corrected chi connectivity index (χ2v) is 7.83. The number of thioether (sulfide) groups is 1. The van der Waals surface area contributed by atoms with Crippen LogP contribution in [-0.4, -0.2) is 21.3 Å². The molecule has 0 spiro atoms. The Hall–Kier alpha value is -3.05. The van der Waals surface area contributed by atoms with E-state index in [1.54, 1.807) is 11.8 Å². The van der Waals surface area contributed by atoms with Gasteiger partial charge in [0, 0.05) is 30.1 Å². The number of para-hydroxylation sites is 1. The Labute approximate surface area is 176 Å². The van der Waals surface area contributed by atoms with E-state index in [0.29, 0.717) is 0 Å². The summed E-state index contributed by atoms with van der Waals surface area (Å²) in [4.78, 5) is 0. The van der Waals surface area contributed by atoms with E-state index in [0.717, 1.165) is 41.1 Å². The van der Waals surface area contributed by atoms with Gasteiger partial charge >= 0.3 is 0 Å². The molecule has 1 heterocycles. The molecule has 0 aliphatic rings. The molecule has 0 unspecified atom stereocenters. The van der Waals surface area contributed by atoms with Crippen LogP contribution in [0.3, 0.4) is 0 Å². The van der Waals surface area contributed by atoms with Crippen LogP contribution < -0.4 is 5.32 Å². The Kier molecular flexibility index (Phi) is 6.27. The van der Waals surface area contributed by atoms with E-state index in [9.17, 15) is 0 Å². The van der Waals surface area contributed by atoms with Crippen LogP contribution in [0.25, 0.3) is 5.69 Å². The number of hydrogen-bond acceptors (Lipinski definition) is 4. The van der Waals surface area contributed by atoms with Gasteiger partial charge in [-0.1, -0.05) is 78.0 Å². The third kappa shape index (κ3) is 5.06. The highest BCUT2D eigenvalue weighted by molar-refractivity contribution is 7.98. The number of benzene rings is 3. The lowest BCUT2D eigenvalue weighted by Crippen LogP contribution is -2.10. The molecule has 0 aliphatic carbocycles. The quantitative estimate of drug-likeness (QED) is 0.395. The molecule has 5 heteroatoms. The van der Waals surface area contributed by atoms with Gasteiger partial charge in [-0.25, -0.2) is 0 Å². The Morgan fingerprint density at radius 2 is 1.52 bits per heavy atom. The van der Waals surface area contributed by atoms with Crippen molar-refractivity contribution in [3.63, 3.8) is 0 Å². The Balaban J connectivity index is 1.50. The van der Waals surface area contributed by atoms with Crippen LogP contribution in [0.4, 0.5) is 5.69 Å². The summed E-state index contributed by atoms with van der Waals surface area (Å²) in [5.41, 5.74) is 4.76. The minimum Gasteiger partial charge on any atom is -0.385 e. The van der Waals surface area contributed by atoms with Crippen LogP contribution in [0.5, 0.6) is 0 Å². The van der Waals surface area contributed by atoms with E-state index in [2.05, 4.69) is 99.8 Å². The minimum atomic E-state index is 0.793. The maximum Gasteiger partial charge on any atom is 0.196 e. The SMILES string of the molecule is Cc1ccc(NCCc2nnc(SCc3ccccc3)n2-c2ccccc2)cc1. The number of aromatic nitrogens is 3. The number of nitrogens with zero attached hydrogens (tertiary/aromatic N) is 3. The molecule has 4 aromatic rings. The van der Waals surface area contributed by atoms with E-state index in [-0.39, 0.29) is 0 Å². The van der Waals surface area contributed by atoms with Gasteiger partial charge in [0.25, 0.3) is 0 Å². The van der Waals surface area contributed by atoms with Gasteiger partial charge in [0.15, 0.2) is 5.16 Å². The molecular weight excluding hydrogens is 376 g/mol. The molecule has 4 nitrogen and oxygen atoms in total. The van der Waals surface area contributed by atoms with Crippen molar-refractivity contribution in [2.75, 3.05) is 11.9 Å². The first-order valence-electron chi connectivity index (χ1n) is 9.76. The topological polar surface area (TPSA) is 42.7 Å². The molecule has 0 saturated carbocycles. The van der Waals surface area contributed by atoms with Crippen LogP contribution in [0, 0.1) is 6.92 Å². The first kappa shape index (κ1) is 19.3. The predicted octanol–water partition coefficient (Wildman–Crippen LogP) is 5.52. The van der Waals surface area contributed by atoms with Crippen molar-refractivity contribution < 1.29 is 0 Å². The maximum atomic E-state index is 4.50. The first-order valence-corrected chi connectivity index (χ1v) is 10.7. The number of rotatable bonds is 8. The van der Waals surface area contributed by atoms with Crippen LogP contribution in [0.15, 0.2) is 90.1 Å². The van der Waals surface area contributed by atoms with Gasteiger partial charge in [0.2, 0.25) is 0 Å². The standard InChI is InChI=1S/C24H24N4S/c1-19-12-14-21(15-13-19)25-17-16-23-26-27-24(28(23)22-10-6-3-7-11-22)29-18-20-8-4-2-5-9-20/h2-15,25H,16-18H2,1H3. The lowest BCUT2D eigenvalue weighted by molar-refractivity contribution is 0.818. The summed E-state index contributed by atoms with van der Waals surface area (Å²) in [6.45, 7) is 2.90. The summed E-state index contributed by atoms with van der Waals surface area (Å²) >= 11 is 1.72. The van der Waals surface area contributed by atoms with Gasteiger partial charge in [-0.15, -0.1) is 10.2 Å². The zero-order valence-corrected chi connectivity index (χ0v) is 17.3. The summed E-state index contributed by atoms with van der Waals surface area (Å²) < 4.78 is 2.17. The third-order valence-corrected chi connectivity index (χ3v) is 5.65. The molecule has 0 amide bonds. The molecule has 1 N–H and O–H groups in total. The lowest BCUT2D eigenvalue weighted by atomic mass is 10.2. The molecule has 0 saturated heterocycles. The minimum absolute atomic E-state index is 0.793. The van der Waals surface area contributed by atoms with Crippen molar-refractivity contribution in [3.8, 4) is 5.69 Å². The van der Waals surface area contributed by atoms with Crippen LogP contribution in [0.1, 0.15) is 17.0 Å². The van der Waals surface area contributed by atoms with Crippen molar-refractivity contribution in [1.82, 2.24) is 14.8 Å². The zero-order chi connectivity index (χ0) is 19.9. The van der Waals surface area contributed by atoms with E-state index in [1.807, 2.05) is 12.1 Å². The Morgan fingerprint density at radius 1 is 0.828 bits per heavy atom. The maximum absolute atomic E-state index is 4.50. The summed E-state index contributed by atoms with van der Waals surface area (Å²) in [7, 11) is 0. The van der Waals surface area contributed by atoms with Crippen molar-refractivity contribution in [1.29, 1.82) is 0 Å². The number of hydrogen-bond donors (Lipinski definition) is 1. The third-order valence-electron chi connectivity index (χ3n) is 4.65. The highest BCUT2D eigenvalue weighted by Crippen LogP contribution is 2.25. The molecule has 29 heavy (non-hydrogen) atoms. The molecule has 1 aromatic heterocycles. The summed E-state index contributed by atoms with van der Waals surface area (Å²) in [5.74, 6) is 1.83. The van der Waals surface area contributed by atoms with E-state index in [1.165, 1.54) is 11.1 Å². The second kappa shape index (κ2) is 9.43. The molecule has 0 fully saturated rings. The largest absolute Gasteiger partial charge is 0.385 e. The molecule has 0 bridgehead atoms. The molecule has 3 aromatic carbocycles. The van der Waals surface area contributed by atoms with Gasteiger partial charge in [-0.3, -0.25) is 4.57 Å². The van der Waals surface area contributed by atoms with Crippen molar-refractivity contribution in [3.05, 3.63) is 102 Å². The zero-order valence-electron chi connectivity index (χ0n) is 16.5. The average molecular weight is 401 g/mol. The molecule has 0 atom stereocenters. The van der Waals surface area contributed by atoms with Gasteiger partial charge in [-0.2, -0.15) is 0 Å². The average Bonchev–Trinajstić information content (AvgIpc) is 3.18. The van der Waals surface area contributed by atoms with E-state index >= 15 is 0 Å². The van der Waals surface area contributed by atoms with Crippen molar-refractivity contribution in [2.24, 2.45) is 0 Å². The van der Waals surface area contributed by atoms with Crippen LogP contribution in [-0.2, 0) is 12.2 Å². The fraction of sp³-hybridized carbons (Fsp3) is 0.167. The van der Waals surface area contributed by atoms with Crippen LogP contribution >= 0.6 is 11.8 Å². The molecule has 0 aliphatic heterocycles. The highest BCUT2D eigenvalue weighted by Gasteiger charge is 2.14. The summed E-state index contributed by atoms with van der Waals surface area (Å²) in [6, 6.07) is 29.3. The summed E-state index contributed by atoms with van der Waals surface area (Å²) in [6.07, 6.45) is 0.793. The van der Waals surface area contributed by atoms with E-state index < -0.39 is 0 Å². The monoisotopic (exact) mass is 400 g/mol. The molecule has 146 valence electrons. The molecule has 4 rings (SSSR count). The normalized spacial score (nSPS) is 10.8. The number of nitrogens with one attached hydrogen (secondary N) is 1. The van der Waals surface area contributed by atoms with Gasteiger partial charge < -0.3 is 5.32 Å². The predicted molar refractivity (Wildman–Crippen MR) is 121 cm³/mol. The van der Waals surface area contributed by atoms with E-state index in [4.69, 9.17) is 0 Å². The Bertz CT molecular complexity index is 1030. The smallest absolute Gasteiger partial charge is 0.196 e. The van der Waals surface area contributed by atoms with Gasteiger partial charge in [0.1, 0.15) is 5.82 Å². The highest BCUT2D eigenvalue weighted by atomic mass is 32.2. The molecule has 0 radical (unpaired) electrons.